The third-order valence-electron chi connectivity index (χ3n) is 3.71. The topological polar surface area (TPSA) is 71.0 Å². The van der Waals surface area contributed by atoms with E-state index in [0.717, 1.165) is 17.9 Å². The number of aromatic nitrogens is 3. The van der Waals surface area contributed by atoms with Crippen LogP contribution in [0.4, 0.5) is 23.1 Å². The van der Waals surface area contributed by atoms with E-state index in [1.165, 1.54) is 0 Å². The van der Waals surface area contributed by atoms with Crippen LogP contribution in [0.1, 0.15) is 24.2 Å². The summed E-state index contributed by atoms with van der Waals surface area (Å²) in [6.45, 7) is 4.30. The van der Waals surface area contributed by atoms with Crippen LogP contribution in [0, 0.1) is 0 Å². The summed E-state index contributed by atoms with van der Waals surface area (Å²) >= 11 is 0. The van der Waals surface area contributed by atoms with E-state index in [9.17, 15) is 4.79 Å². The van der Waals surface area contributed by atoms with E-state index in [-0.39, 0.29) is 5.78 Å². The van der Waals surface area contributed by atoms with Gasteiger partial charge in [0.1, 0.15) is 0 Å². The number of rotatable bonds is 6. The smallest absolute Gasteiger partial charge is 0.251 e. The summed E-state index contributed by atoms with van der Waals surface area (Å²) in [5.41, 5.74) is 2.43. The molecular formula is C19H19N5O. The zero-order valence-electron chi connectivity index (χ0n) is 14.2. The van der Waals surface area contributed by atoms with Gasteiger partial charge in [-0.3, -0.25) is 4.79 Å². The molecule has 0 fully saturated rings. The molecule has 0 atom stereocenters. The first-order chi connectivity index (χ1) is 12.2. The molecule has 0 radical (unpaired) electrons. The van der Waals surface area contributed by atoms with E-state index >= 15 is 0 Å². The van der Waals surface area contributed by atoms with E-state index in [2.05, 4.69) is 20.5 Å². The summed E-state index contributed by atoms with van der Waals surface area (Å²) in [6, 6.07) is 17.2. The van der Waals surface area contributed by atoms with Gasteiger partial charge in [0.05, 0.1) is 6.20 Å². The molecule has 1 N–H and O–H groups in total. The van der Waals surface area contributed by atoms with Crippen molar-refractivity contribution < 1.29 is 4.79 Å². The number of anilines is 4. The molecule has 0 bridgehead atoms. The van der Waals surface area contributed by atoms with Gasteiger partial charge in [0.25, 0.3) is 5.95 Å². The van der Waals surface area contributed by atoms with Crippen LogP contribution >= 0.6 is 0 Å². The number of nitrogens with zero attached hydrogens (tertiary/aromatic N) is 4. The zero-order valence-corrected chi connectivity index (χ0v) is 14.2. The first-order valence-corrected chi connectivity index (χ1v) is 8.07. The number of carbonyl (C=O) groups is 1. The molecule has 6 nitrogen and oxygen atoms in total. The molecule has 1 heterocycles. The fraction of sp³-hybridized carbons (Fsp3) is 0.158. The van der Waals surface area contributed by atoms with E-state index < -0.39 is 0 Å². The molecule has 0 aliphatic carbocycles. The third-order valence-corrected chi connectivity index (χ3v) is 3.71. The number of carbonyl (C=O) groups excluding carboxylic acids is 1. The van der Waals surface area contributed by atoms with Gasteiger partial charge in [-0.05, 0) is 38.1 Å². The van der Waals surface area contributed by atoms with Crippen LogP contribution in [0.5, 0.6) is 0 Å². The van der Waals surface area contributed by atoms with E-state index in [1.54, 1.807) is 25.3 Å². The number of para-hydroxylation sites is 1. The molecule has 1 aromatic heterocycles. The van der Waals surface area contributed by atoms with E-state index in [1.807, 2.05) is 54.3 Å². The third kappa shape index (κ3) is 3.98. The van der Waals surface area contributed by atoms with Crippen LogP contribution in [0.15, 0.2) is 60.8 Å². The first-order valence-electron chi connectivity index (χ1n) is 8.07. The van der Waals surface area contributed by atoms with Gasteiger partial charge in [0.2, 0.25) is 0 Å². The Bertz CT molecular complexity index is 866. The number of benzene rings is 2. The molecule has 3 aromatic rings. The highest BCUT2D eigenvalue weighted by molar-refractivity contribution is 5.95. The number of Topliss-reactive ketones (excluding diaryl/α,β-unsaturated/α-hetero) is 1. The Morgan fingerprint density at radius 1 is 1.12 bits per heavy atom. The van der Waals surface area contributed by atoms with Crippen LogP contribution in [0.2, 0.25) is 0 Å². The Kier molecular flexibility index (Phi) is 4.99. The highest BCUT2D eigenvalue weighted by Crippen LogP contribution is 2.22. The van der Waals surface area contributed by atoms with Crippen LogP contribution in [-0.4, -0.2) is 27.5 Å². The lowest BCUT2D eigenvalue weighted by Gasteiger charge is -2.20. The van der Waals surface area contributed by atoms with Crippen molar-refractivity contribution in [1.29, 1.82) is 0 Å². The van der Waals surface area contributed by atoms with Crippen molar-refractivity contribution in [3.05, 3.63) is 66.4 Å². The van der Waals surface area contributed by atoms with Crippen molar-refractivity contribution >= 4 is 28.9 Å². The maximum absolute atomic E-state index is 11.5. The molecule has 2 aromatic carbocycles. The summed E-state index contributed by atoms with van der Waals surface area (Å²) in [5, 5.41) is 11.4. The predicted octanol–water partition coefficient (Wildman–Crippen LogP) is 3.98. The van der Waals surface area contributed by atoms with Gasteiger partial charge in [-0.1, -0.05) is 30.3 Å². The van der Waals surface area contributed by atoms with Crippen LogP contribution in [0.25, 0.3) is 0 Å². The summed E-state index contributed by atoms with van der Waals surface area (Å²) in [5.74, 6) is 1.10. The maximum Gasteiger partial charge on any atom is 0.251 e. The largest absolute Gasteiger partial charge is 0.339 e. The summed E-state index contributed by atoms with van der Waals surface area (Å²) < 4.78 is 0. The Balaban J connectivity index is 1.86. The van der Waals surface area contributed by atoms with Gasteiger partial charge < -0.3 is 10.2 Å². The molecule has 3 rings (SSSR count). The van der Waals surface area contributed by atoms with Crippen molar-refractivity contribution in [2.75, 3.05) is 16.8 Å². The SMILES string of the molecule is CCN(c1ccccc1)c1nncc(Nc2cccc(C(C)=O)c2)n1. The lowest BCUT2D eigenvalue weighted by atomic mass is 10.1. The van der Waals surface area contributed by atoms with Gasteiger partial charge in [-0.2, -0.15) is 10.1 Å². The van der Waals surface area contributed by atoms with Gasteiger partial charge >= 0.3 is 0 Å². The molecule has 126 valence electrons. The Hall–Kier alpha value is -3.28. The second-order valence-corrected chi connectivity index (χ2v) is 5.48. The molecular weight excluding hydrogens is 314 g/mol. The van der Waals surface area contributed by atoms with Gasteiger partial charge in [-0.15, -0.1) is 5.10 Å². The number of hydrogen-bond acceptors (Lipinski definition) is 6. The average molecular weight is 333 g/mol. The van der Waals surface area contributed by atoms with Crippen LogP contribution < -0.4 is 10.2 Å². The minimum Gasteiger partial charge on any atom is -0.339 e. The fourth-order valence-corrected chi connectivity index (χ4v) is 2.48. The molecule has 0 amide bonds. The Labute approximate surface area is 146 Å². The van der Waals surface area contributed by atoms with E-state index in [0.29, 0.717) is 17.3 Å². The fourth-order valence-electron chi connectivity index (χ4n) is 2.48. The van der Waals surface area contributed by atoms with Crippen molar-refractivity contribution in [1.82, 2.24) is 15.2 Å². The highest BCUT2D eigenvalue weighted by atomic mass is 16.1. The number of nitrogens with one attached hydrogen (secondary N) is 1. The summed E-state index contributed by atoms with van der Waals surface area (Å²) in [6.07, 6.45) is 1.56. The number of ketones is 1. The highest BCUT2D eigenvalue weighted by Gasteiger charge is 2.11. The van der Waals surface area contributed by atoms with Crippen LogP contribution in [-0.2, 0) is 0 Å². The monoisotopic (exact) mass is 333 g/mol. The molecule has 0 unspecified atom stereocenters. The molecule has 0 saturated carbocycles. The standard InChI is InChI=1S/C19H19N5O/c1-3-24(17-10-5-4-6-11-17)19-22-18(13-20-23-19)21-16-9-7-8-15(12-16)14(2)25/h4-13H,3H2,1-2H3,(H,21,22,23). The summed E-state index contributed by atoms with van der Waals surface area (Å²) in [7, 11) is 0. The Morgan fingerprint density at radius 2 is 1.92 bits per heavy atom. The Morgan fingerprint density at radius 3 is 2.64 bits per heavy atom. The second-order valence-electron chi connectivity index (χ2n) is 5.48. The zero-order chi connectivity index (χ0) is 17.6. The van der Waals surface area contributed by atoms with Crippen molar-refractivity contribution in [3.8, 4) is 0 Å². The lowest BCUT2D eigenvalue weighted by molar-refractivity contribution is 0.101. The van der Waals surface area contributed by atoms with Crippen molar-refractivity contribution in [2.45, 2.75) is 13.8 Å². The molecule has 0 aliphatic rings. The molecule has 0 saturated heterocycles. The lowest BCUT2D eigenvalue weighted by Crippen LogP contribution is -2.19. The average Bonchev–Trinajstić information content (AvgIpc) is 2.64. The van der Waals surface area contributed by atoms with Gasteiger partial charge in [-0.25, -0.2) is 0 Å². The minimum absolute atomic E-state index is 0.0198. The molecule has 25 heavy (non-hydrogen) atoms. The quantitative estimate of drug-likeness (QED) is 0.688. The minimum atomic E-state index is 0.0198. The van der Waals surface area contributed by atoms with Crippen molar-refractivity contribution in [2.24, 2.45) is 0 Å². The molecule has 6 heteroatoms. The molecule has 0 aliphatic heterocycles. The predicted molar refractivity (Wildman–Crippen MR) is 98.7 cm³/mol. The first kappa shape index (κ1) is 16.6. The van der Waals surface area contributed by atoms with Crippen molar-refractivity contribution in [3.63, 3.8) is 0 Å². The second kappa shape index (κ2) is 7.53. The maximum atomic E-state index is 11.5. The van der Waals surface area contributed by atoms with Crippen LogP contribution in [0.3, 0.4) is 0 Å². The van der Waals surface area contributed by atoms with Gasteiger partial charge in [0, 0.05) is 23.5 Å². The normalized spacial score (nSPS) is 10.3. The van der Waals surface area contributed by atoms with E-state index in [4.69, 9.17) is 0 Å². The number of hydrogen-bond donors (Lipinski definition) is 1. The summed E-state index contributed by atoms with van der Waals surface area (Å²) in [4.78, 5) is 18.0. The molecule has 0 spiro atoms. The van der Waals surface area contributed by atoms with Gasteiger partial charge in [0.15, 0.2) is 11.6 Å².